The van der Waals surface area contributed by atoms with Crippen LogP contribution in [-0.4, -0.2) is 21.3 Å². The van der Waals surface area contributed by atoms with E-state index in [4.69, 9.17) is 13.9 Å². The largest absolute Gasteiger partial charge is 0.481 e. The predicted molar refractivity (Wildman–Crippen MR) is 61.9 cm³/mol. The van der Waals surface area contributed by atoms with Gasteiger partial charge < -0.3 is 13.9 Å². The van der Waals surface area contributed by atoms with Crippen molar-refractivity contribution in [3.05, 3.63) is 23.8 Å². The number of carboxylic acid groups (broad SMARTS) is 1. The summed E-state index contributed by atoms with van der Waals surface area (Å²) < 4.78 is 10.7. The van der Waals surface area contributed by atoms with Gasteiger partial charge in [-0.15, -0.1) is 10.2 Å². The van der Waals surface area contributed by atoms with E-state index in [-0.39, 0.29) is 12.3 Å². The van der Waals surface area contributed by atoms with Gasteiger partial charge in [0.1, 0.15) is 0 Å². The number of carboxylic acids is 1. The van der Waals surface area contributed by atoms with E-state index in [1.807, 2.05) is 19.9 Å². The Kier molecular flexibility index (Phi) is 3.45. The fourth-order valence-electron chi connectivity index (χ4n) is 1.69. The standard InChI is InChI=1S/C12H14N2O4/c1-7(6-10(15)16)5-9-13-14-12(18-9)11-8(2)3-4-17-11/h3-4,7H,5-6H2,1-2H3,(H,15,16). The molecule has 96 valence electrons. The fraction of sp³-hybridized carbons (Fsp3) is 0.417. The zero-order valence-electron chi connectivity index (χ0n) is 10.2. The molecule has 6 nitrogen and oxygen atoms in total. The molecule has 2 rings (SSSR count). The second-order valence-corrected chi connectivity index (χ2v) is 4.34. The van der Waals surface area contributed by atoms with Gasteiger partial charge in [0.2, 0.25) is 5.89 Å². The molecule has 0 saturated carbocycles. The number of aryl methyl sites for hydroxylation is 1. The molecule has 0 fully saturated rings. The van der Waals surface area contributed by atoms with Crippen LogP contribution < -0.4 is 0 Å². The molecule has 0 bridgehead atoms. The molecule has 18 heavy (non-hydrogen) atoms. The average molecular weight is 250 g/mol. The Hall–Kier alpha value is -2.11. The van der Waals surface area contributed by atoms with Crippen LogP contribution in [0.3, 0.4) is 0 Å². The summed E-state index contributed by atoms with van der Waals surface area (Å²) in [5.41, 5.74) is 0.920. The van der Waals surface area contributed by atoms with Crippen molar-refractivity contribution in [3.63, 3.8) is 0 Å². The number of furan rings is 1. The summed E-state index contributed by atoms with van der Waals surface area (Å²) >= 11 is 0. The van der Waals surface area contributed by atoms with Gasteiger partial charge in [0.25, 0.3) is 5.89 Å². The lowest BCUT2D eigenvalue weighted by atomic mass is 10.0. The molecule has 0 radical (unpaired) electrons. The summed E-state index contributed by atoms with van der Waals surface area (Å²) in [5, 5.41) is 16.5. The van der Waals surface area contributed by atoms with Crippen LogP contribution in [0.1, 0.15) is 24.8 Å². The molecule has 2 aromatic heterocycles. The first-order chi connectivity index (χ1) is 8.56. The highest BCUT2D eigenvalue weighted by Gasteiger charge is 2.16. The van der Waals surface area contributed by atoms with E-state index in [0.717, 1.165) is 5.56 Å². The van der Waals surface area contributed by atoms with Gasteiger partial charge in [-0.1, -0.05) is 6.92 Å². The summed E-state index contributed by atoms with van der Waals surface area (Å²) in [4.78, 5) is 10.6. The molecule has 2 aromatic rings. The third-order valence-corrected chi connectivity index (χ3v) is 2.57. The zero-order chi connectivity index (χ0) is 13.1. The molecule has 0 aliphatic carbocycles. The van der Waals surface area contributed by atoms with Crippen LogP contribution in [0, 0.1) is 12.8 Å². The van der Waals surface area contributed by atoms with Gasteiger partial charge in [0.15, 0.2) is 5.76 Å². The molecule has 6 heteroatoms. The maximum absolute atomic E-state index is 10.6. The Morgan fingerprint density at radius 2 is 2.28 bits per heavy atom. The van der Waals surface area contributed by atoms with Crippen LogP contribution in [0.4, 0.5) is 0 Å². The summed E-state index contributed by atoms with van der Waals surface area (Å²) in [6, 6.07) is 1.81. The maximum atomic E-state index is 10.6. The quantitative estimate of drug-likeness (QED) is 0.875. The van der Waals surface area contributed by atoms with Crippen LogP contribution in [0.25, 0.3) is 11.7 Å². The lowest BCUT2D eigenvalue weighted by Crippen LogP contribution is -2.07. The van der Waals surface area contributed by atoms with E-state index in [1.54, 1.807) is 6.26 Å². The van der Waals surface area contributed by atoms with Crippen molar-refractivity contribution in [2.75, 3.05) is 0 Å². The SMILES string of the molecule is Cc1ccoc1-c1nnc(CC(C)CC(=O)O)o1. The van der Waals surface area contributed by atoms with E-state index in [9.17, 15) is 4.79 Å². The minimum absolute atomic E-state index is 0.0477. The van der Waals surface area contributed by atoms with Gasteiger partial charge in [0, 0.05) is 18.4 Å². The van der Waals surface area contributed by atoms with Gasteiger partial charge >= 0.3 is 5.97 Å². The van der Waals surface area contributed by atoms with Crippen LogP contribution in [-0.2, 0) is 11.2 Å². The van der Waals surface area contributed by atoms with Crippen LogP contribution in [0.15, 0.2) is 21.2 Å². The second-order valence-electron chi connectivity index (χ2n) is 4.34. The highest BCUT2D eigenvalue weighted by molar-refractivity contribution is 5.66. The Balaban J connectivity index is 2.07. The van der Waals surface area contributed by atoms with Gasteiger partial charge in [-0.2, -0.15) is 0 Å². The molecule has 1 atom stereocenters. The van der Waals surface area contributed by atoms with Crippen LogP contribution in [0.2, 0.25) is 0 Å². The molecule has 2 heterocycles. The average Bonchev–Trinajstić information content (AvgIpc) is 2.85. The first-order valence-electron chi connectivity index (χ1n) is 5.65. The minimum atomic E-state index is -0.830. The molecule has 0 spiro atoms. The summed E-state index contributed by atoms with van der Waals surface area (Å²) in [7, 11) is 0. The van der Waals surface area contributed by atoms with Crippen LogP contribution >= 0.6 is 0 Å². The number of aliphatic carboxylic acids is 1. The molecular weight excluding hydrogens is 236 g/mol. The second kappa shape index (κ2) is 5.03. The maximum Gasteiger partial charge on any atom is 0.303 e. The first kappa shape index (κ1) is 12.3. The molecule has 0 aliphatic rings. The Morgan fingerprint density at radius 3 is 2.89 bits per heavy atom. The Morgan fingerprint density at radius 1 is 1.50 bits per heavy atom. The third-order valence-electron chi connectivity index (χ3n) is 2.57. The topological polar surface area (TPSA) is 89.4 Å². The van der Waals surface area contributed by atoms with Gasteiger partial charge in [-0.05, 0) is 18.9 Å². The number of carbonyl (C=O) groups is 1. The number of hydrogen-bond acceptors (Lipinski definition) is 5. The summed E-state index contributed by atoms with van der Waals surface area (Å²) in [6.07, 6.45) is 2.08. The monoisotopic (exact) mass is 250 g/mol. The van der Waals surface area contributed by atoms with E-state index >= 15 is 0 Å². The lowest BCUT2D eigenvalue weighted by Gasteiger charge is -2.03. The van der Waals surface area contributed by atoms with Gasteiger partial charge in [0.05, 0.1) is 6.26 Å². The normalized spacial score (nSPS) is 12.6. The molecule has 1 N–H and O–H groups in total. The van der Waals surface area contributed by atoms with Gasteiger partial charge in [-0.25, -0.2) is 0 Å². The van der Waals surface area contributed by atoms with Crippen molar-refractivity contribution in [1.29, 1.82) is 0 Å². The summed E-state index contributed by atoms with van der Waals surface area (Å²) in [5.74, 6) is 0.432. The molecular formula is C12H14N2O4. The number of rotatable bonds is 5. The molecule has 0 saturated heterocycles. The Bertz CT molecular complexity index is 544. The number of aromatic nitrogens is 2. The van der Waals surface area contributed by atoms with Crippen LogP contribution in [0.5, 0.6) is 0 Å². The zero-order valence-corrected chi connectivity index (χ0v) is 10.2. The van der Waals surface area contributed by atoms with E-state index < -0.39 is 5.97 Å². The van der Waals surface area contributed by atoms with Crippen molar-refractivity contribution in [3.8, 4) is 11.7 Å². The molecule has 1 unspecified atom stereocenters. The number of nitrogens with zero attached hydrogens (tertiary/aromatic N) is 2. The molecule has 0 aliphatic heterocycles. The highest BCUT2D eigenvalue weighted by atomic mass is 16.4. The molecule has 0 aromatic carbocycles. The summed E-state index contributed by atoms with van der Waals surface area (Å²) in [6.45, 7) is 3.71. The highest BCUT2D eigenvalue weighted by Crippen LogP contribution is 2.23. The third kappa shape index (κ3) is 2.77. The Labute approximate surface area is 104 Å². The lowest BCUT2D eigenvalue weighted by molar-refractivity contribution is -0.137. The van der Waals surface area contributed by atoms with Crippen molar-refractivity contribution in [2.45, 2.75) is 26.7 Å². The molecule has 0 amide bonds. The van der Waals surface area contributed by atoms with Gasteiger partial charge in [-0.3, -0.25) is 4.79 Å². The minimum Gasteiger partial charge on any atom is -0.481 e. The van der Waals surface area contributed by atoms with Crippen molar-refractivity contribution in [2.24, 2.45) is 5.92 Å². The van der Waals surface area contributed by atoms with Crippen molar-refractivity contribution in [1.82, 2.24) is 10.2 Å². The van der Waals surface area contributed by atoms with Crippen molar-refractivity contribution >= 4 is 5.97 Å². The van der Waals surface area contributed by atoms with E-state index in [0.29, 0.717) is 24.0 Å². The number of hydrogen-bond donors (Lipinski definition) is 1. The van der Waals surface area contributed by atoms with E-state index in [1.165, 1.54) is 0 Å². The smallest absolute Gasteiger partial charge is 0.303 e. The van der Waals surface area contributed by atoms with Crippen molar-refractivity contribution < 1.29 is 18.7 Å². The fourth-order valence-corrected chi connectivity index (χ4v) is 1.69. The van der Waals surface area contributed by atoms with E-state index in [2.05, 4.69) is 10.2 Å². The predicted octanol–water partition coefficient (Wildman–Crippen LogP) is 2.29. The first-order valence-corrected chi connectivity index (χ1v) is 5.65.